The normalized spacial score (nSPS) is 36.4. The van der Waals surface area contributed by atoms with Gasteiger partial charge in [0.1, 0.15) is 47.4 Å². The minimum atomic E-state index is -2.52. The van der Waals surface area contributed by atoms with Gasteiger partial charge in [-0.2, -0.15) is 0 Å². The fourth-order valence-electron chi connectivity index (χ4n) is 11.6. The van der Waals surface area contributed by atoms with Crippen LogP contribution in [0, 0.1) is 35.5 Å². The van der Waals surface area contributed by atoms with E-state index in [1.807, 2.05) is 58.1 Å². The molecule has 3 aliphatic heterocycles. The van der Waals surface area contributed by atoms with Crippen molar-refractivity contribution in [2.45, 2.75) is 180 Å². The van der Waals surface area contributed by atoms with Crippen LogP contribution in [0.3, 0.4) is 0 Å². The lowest BCUT2D eigenvalue weighted by atomic mass is 9.78. The van der Waals surface area contributed by atoms with E-state index in [0.717, 1.165) is 5.57 Å². The van der Waals surface area contributed by atoms with Gasteiger partial charge in [-0.3, -0.25) is 19.2 Å². The second kappa shape index (κ2) is 28.1. The summed E-state index contributed by atoms with van der Waals surface area (Å²) < 4.78 is 41.4. The molecular formula is C59H87NO15. The molecule has 0 aromatic heterocycles. The molecule has 1 aromatic rings. The molecule has 0 spiro atoms. The number of amides is 1. The van der Waals surface area contributed by atoms with Gasteiger partial charge in [0.25, 0.3) is 11.7 Å². The van der Waals surface area contributed by atoms with Crippen molar-refractivity contribution >= 4 is 29.2 Å². The quantitative estimate of drug-likeness (QED) is 0.122. The molecule has 1 amide bonds. The number of hydrogen-bond acceptors (Lipinski definition) is 15. The number of benzene rings is 1. The number of hydrogen-bond donors (Lipinski definition) is 3. The third-order valence-electron chi connectivity index (χ3n) is 16.4. The van der Waals surface area contributed by atoms with Gasteiger partial charge in [0.15, 0.2) is 5.78 Å². The zero-order valence-electron chi connectivity index (χ0n) is 46.6. The van der Waals surface area contributed by atoms with Crippen LogP contribution in [-0.4, -0.2) is 140 Å². The van der Waals surface area contributed by atoms with E-state index in [4.69, 9.17) is 33.2 Å². The fraction of sp³-hybridized carbons (Fsp3) is 0.678. The standard InChI is InChI=1S/C59H87NO15/c1-34-18-14-13-15-19-35(2)44(52-50(71-10)31-43(69-8)32-51(52)72-11)30-42-23-21-40(7)59(68,75-42)56(65)57(66)60-25-17-16-20-45(60)58(67)74-48(37(4)28-41-22-24-46(61)49(29-41)70-9)33-47(62)36(3)27-39(6)54(64)55(73-12)53(63)38(5)26-34/h13-15,18-19,27,31-32,34,36-38,40-42,44-46,48-49,54-55,61,64,68H,16-17,20-26,28-30,33H2,1-12H3/b15-13+,18-14-,35-19+,39-27+/t34-,36-,37-,38-,40-,41+,42+,44-,45+,46-,48+,49-,54-,55+,59-/m1/s1. The molecule has 3 fully saturated rings. The summed E-state index contributed by atoms with van der Waals surface area (Å²) in [5, 5.41) is 34.5. The highest BCUT2D eigenvalue weighted by atomic mass is 16.6. The molecular weight excluding hydrogens is 963 g/mol. The van der Waals surface area contributed by atoms with E-state index >= 15 is 0 Å². The van der Waals surface area contributed by atoms with Crippen LogP contribution in [0.15, 0.2) is 59.7 Å². The second-order valence-corrected chi connectivity index (χ2v) is 21.9. The van der Waals surface area contributed by atoms with Crippen molar-refractivity contribution in [2.75, 3.05) is 42.1 Å². The molecule has 2 saturated heterocycles. The van der Waals surface area contributed by atoms with Crippen molar-refractivity contribution in [1.82, 2.24) is 4.90 Å². The molecule has 5 rings (SSSR count). The van der Waals surface area contributed by atoms with E-state index in [1.54, 1.807) is 67.4 Å². The van der Waals surface area contributed by atoms with Gasteiger partial charge in [0.05, 0.1) is 39.6 Å². The number of carbonyl (C=O) groups excluding carboxylic acids is 5. The van der Waals surface area contributed by atoms with Crippen LogP contribution in [-0.2, 0) is 42.9 Å². The highest BCUT2D eigenvalue weighted by Gasteiger charge is 2.53. The number of Topliss-reactive ketones (excluding diaryl/α,β-unsaturated/α-hetero) is 3. The Morgan fingerprint density at radius 3 is 2.13 bits per heavy atom. The molecule has 1 saturated carbocycles. The zero-order valence-corrected chi connectivity index (χ0v) is 46.6. The summed E-state index contributed by atoms with van der Waals surface area (Å²) in [7, 11) is 7.58. The van der Waals surface area contributed by atoms with Crippen LogP contribution in [0.1, 0.15) is 137 Å². The number of carbonyl (C=O) groups is 5. The number of ketones is 3. The first-order valence-electron chi connectivity index (χ1n) is 27.1. The summed E-state index contributed by atoms with van der Waals surface area (Å²) in [5.74, 6) is -7.38. The lowest BCUT2D eigenvalue weighted by molar-refractivity contribution is -0.264. The van der Waals surface area contributed by atoms with Crippen molar-refractivity contribution in [1.29, 1.82) is 0 Å². The summed E-state index contributed by atoms with van der Waals surface area (Å²) in [5.41, 5.74) is 1.93. The predicted octanol–water partition coefficient (Wildman–Crippen LogP) is 7.98. The number of fused-ring (bicyclic) bond motifs is 3. The number of ether oxygens (including phenoxy) is 7. The van der Waals surface area contributed by atoms with Gasteiger partial charge < -0.3 is 53.4 Å². The lowest BCUT2D eigenvalue weighted by Crippen LogP contribution is -2.60. The summed E-state index contributed by atoms with van der Waals surface area (Å²) in [6, 6.07) is 2.33. The molecule has 16 nitrogen and oxygen atoms in total. The minimum Gasteiger partial charge on any atom is -0.496 e. The Bertz CT molecular complexity index is 2230. The number of methoxy groups -OCH3 is 5. The molecule has 1 aliphatic carbocycles. The third kappa shape index (κ3) is 15.3. The van der Waals surface area contributed by atoms with E-state index in [1.165, 1.54) is 12.0 Å². The fourth-order valence-corrected chi connectivity index (χ4v) is 11.6. The van der Waals surface area contributed by atoms with Gasteiger partial charge in [-0.05, 0) is 108 Å². The number of aliphatic hydroxyl groups is 3. The SMILES string of the molecule is COc1cc(OC)c([C@@H]2C[C@@H]3CC[C@@H](C)[C@@](O)(O3)C(=O)C(=O)N3CCCC[C@H]3C(=O)O[C@H]([C@H](C)C[C@@H]3CC[C@@H](O)[C@H](OC)C3)CC(=O)[C@H](C)/C=C(\C)[C@@H](O)[C@@H](OC)C(=O)[C@H](C)C[C@H](C)\C=C/C=C/C=C/2C)c(OC)c1. The first kappa shape index (κ1) is 61.1. The van der Waals surface area contributed by atoms with Crippen LogP contribution >= 0.6 is 0 Å². The summed E-state index contributed by atoms with van der Waals surface area (Å²) in [6.45, 7) is 12.7. The van der Waals surface area contributed by atoms with Crippen LogP contribution in [0.25, 0.3) is 0 Å². The number of piperidine rings is 1. The van der Waals surface area contributed by atoms with Gasteiger partial charge in [0, 0.05) is 68.6 Å². The van der Waals surface area contributed by atoms with Crippen molar-refractivity contribution in [2.24, 2.45) is 35.5 Å². The molecule has 418 valence electrons. The maximum Gasteiger partial charge on any atom is 0.329 e. The maximum absolute atomic E-state index is 14.6. The van der Waals surface area contributed by atoms with E-state index in [-0.39, 0.29) is 61.2 Å². The molecule has 75 heavy (non-hydrogen) atoms. The number of esters is 1. The first-order valence-corrected chi connectivity index (χ1v) is 27.1. The van der Waals surface area contributed by atoms with Crippen molar-refractivity contribution in [3.05, 3.63) is 65.3 Å². The third-order valence-corrected chi connectivity index (χ3v) is 16.4. The highest BCUT2D eigenvalue weighted by Crippen LogP contribution is 2.47. The van der Waals surface area contributed by atoms with Gasteiger partial charge in [-0.15, -0.1) is 0 Å². The van der Waals surface area contributed by atoms with Gasteiger partial charge in [-0.25, -0.2) is 4.79 Å². The van der Waals surface area contributed by atoms with Gasteiger partial charge in [0.2, 0.25) is 5.79 Å². The van der Waals surface area contributed by atoms with Crippen molar-refractivity contribution in [3.8, 4) is 17.2 Å². The highest BCUT2D eigenvalue weighted by molar-refractivity contribution is 6.39. The Morgan fingerprint density at radius 2 is 1.49 bits per heavy atom. The first-order chi connectivity index (χ1) is 35.6. The lowest BCUT2D eigenvalue weighted by Gasteiger charge is -2.43. The molecule has 15 atom stereocenters. The topological polar surface area (TPSA) is 214 Å². The Kier molecular flexibility index (Phi) is 22.9. The molecule has 16 heteroatoms. The number of allylic oxidation sites excluding steroid dienone is 7. The van der Waals surface area contributed by atoms with E-state index in [9.17, 15) is 39.3 Å². The number of cyclic esters (lactones) is 1. The van der Waals surface area contributed by atoms with E-state index in [0.29, 0.717) is 86.2 Å². The average molecular weight is 1050 g/mol. The Hall–Kier alpha value is -4.71. The minimum absolute atomic E-state index is 0.0327. The molecule has 1 aromatic carbocycles. The van der Waals surface area contributed by atoms with Crippen molar-refractivity contribution < 1.29 is 72.5 Å². The Labute approximate surface area is 445 Å². The second-order valence-electron chi connectivity index (χ2n) is 21.9. The maximum atomic E-state index is 14.6. The van der Waals surface area contributed by atoms with Gasteiger partial charge >= 0.3 is 5.97 Å². The van der Waals surface area contributed by atoms with Crippen LogP contribution in [0.2, 0.25) is 0 Å². The monoisotopic (exact) mass is 1050 g/mol. The molecule has 0 radical (unpaired) electrons. The van der Waals surface area contributed by atoms with E-state index < -0.39 is 83.7 Å². The molecule has 3 N–H and O–H groups in total. The van der Waals surface area contributed by atoms with Crippen molar-refractivity contribution in [3.63, 3.8) is 0 Å². The number of rotatable bonds is 9. The molecule has 0 unspecified atom stereocenters. The summed E-state index contributed by atoms with van der Waals surface area (Å²) in [4.78, 5) is 73.2. The Balaban J connectivity index is 1.56. The van der Waals surface area contributed by atoms with Crippen LogP contribution in [0.5, 0.6) is 17.2 Å². The zero-order chi connectivity index (χ0) is 55.3. The molecule has 2 bridgehead atoms. The number of nitrogens with zero attached hydrogens (tertiary/aromatic N) is 1. The summed E-state index contributed by atoms with van der Waals surface area (Å²) in [6.07, 6.45) is 11.0. The van der Waals surface area contributed by atoms with Gasteiger partial charge in [-0.1, -0.05) is 76.6 Å². The van der Waals surface area contributed by atoms with Crippen LogP contribution < -0.4 is 14.2 Å². The summed E-state index contributed by atoms with van der Waals surface area (Å²) >= 11 is 0. The molecule has 3 heterocycles. The van der Waals surface area contributed by atoms with E-state index in [2.05, 4.69) is 0 Å². The smallest absolute Gasteiger partial charge is 0.329 e. The largest absolute Gasteiger partial charge is 0.496 e. The number of aliphatic hydroxyl groups excluding tert-OH is 2. The predicted molar refractivity (Wildman–Crippen MR) is 283 cm³/mol. The molecule has 4 aliphatic rings. The Morgan fingerprint density at radius 1 is 0.800 bits per heavy atom. The van der Waals surface area contributed by atoms with Crippen LogP contribution in [0.4, 0.5) is 0 Å². The average Bonchev–Trinajstić information content (AvgIpc) is 3.40.